The molecule has 0 spiro atoms. The van der Waals surface area contributed by atoms with Crippen molar-refractivity contribution in [2.24, 2.45) is 5.41 Å². The van der Waals surface area contributed by atoms with Crippen LogP contribution in [0.5, 0.6) is 0 Å². The molecule has 80 valence electrons. The van der Waals surface area contributed by atoms with Crippen LogP contribution < -0.4 is 0 Å². The Hall–Kier alpha value is -0.0900. The van der Waals surface area contributed by atoms with Crippen molar-refractivity contribution >= 4 is 10.0 Å². The quantitative estimate of drug-likeness (QED) is 0.703. The first-order chi connectivity index (χ1) is 5.63. The van der Waals surface area contributed by atoms with Gasteiger partial charge in [0.05, 0.1) is 6.26 Å². The van der Waals surface area contributed by atoms with E-state index in [2.05, 4.69) is 20.8 Å². The minimum atomic E-state index is -2.99. The number of nitrogens with zero attached hydrogens (tertiary/aromatic N) is 1. The molecule has 0 aromatic heterocycles. The molecule has 4 heteroatoms. The zero-order valence-corrected chi connectivity index (χ0v) is 10.1. The van der Waals surface area contributed by atoms with E-state index in [1.165, 1.54) is 10.6 Å². The van der Waals surface area contributed by atoms with Crippen molar-refractivity contribution in [3.63, 3.8) is 0 Å². The highest BCUT2D eigenvalue weighted by Crippen LogP contribution is 2.20. The van der Waals surface area contributed by atoms with E-state index in [1.54, 1.807) is 7.05 Å². The van der Waals surface area contributed by atoms with Crippen molar-refractivity contribution in [2.75, 3.05) is 19.8 Å². The number of rotatable bonds is 4. The van der Waals surface area contributed by atoms with Gasteiger partial charge >= 0.3 is 0 Å². The highest BCUT2D eigenvalue weighted by Gasteiger charge is 2.13. The topological polar surface area (TPSA) is 37.4 Å². The molecule has 0 bridgehead atoms. The minimum absolute atomic E-state index is 0.290. The Labute approximate surface area is 82.2 Å². The van der Waals surface area contributed by atoms with E-state index in [9.17, 15) is 8.42 Å². The van der Waals surface area contributed by atoms with Crippen LogP contribution in [-0.4, -0.2) is 32.6 Å². The third kappa shape index (κ3) is 7.02. The Balaban J connectivity index is 3.80. The van der Waals surface area contributed by atoms with Gasteiger partial charge in [0.15, 0.2) is 0 Å². The monoisotopic (exact) mass is 207 g/mol. The van der Waals surface area contributed by atoms with Gasteiger partial charge in [-0.1, -0.05) is 20.8 Å². The summed E-state index contributed by atoms with van der Waals surface area (Å²) in [4.78, 5) is 0. The summed E-state index contributed by atoms with van der Waals surface area (Å²) in [6, 6.07) is 0. The van der Waals surface area contributed by atoms with Crippen LogP contribution in [0.2, 0.25) is 0 Å². The molecule has 0 aliphatic rings. The van der Waals surface area contributed by atoms with Gasteiger partial charge in [0.2, 0.25) is 10.0 Å². The first-order valence-electron chi connectivity index (χ1n) is 4.54. The van der Waals surface area contributed by atoms with Crippen molar-refractivity contribution in [3.8, 4) is 0 Å². The third-order valence-electron chi connectivity index (χ3n) is 1.97. The van der Waals surface area contributed by atoms with Crippen LogP contribution >= 0.6 is 0 Å². The lowest BCUT2D eigenvalue weighted by Gasteiger charge is -2.20. The summed E-state index contributed by atoms with van der Waals surface area (Å²) in [7, 11) is -1.36. The molecule has 0 atom stereocenters. The fourth-order valence-corrected chi connectivity index (χ4v) is 1.46. The second-order valence-corrected chi connectivity index (χ2v) is 6.84. The highest BCUT2D eigenvalue weighted by molar-refractivity contribution is 7.88. The van der Waals surface area contributed by atoms with Gasteiger partial charge in [0, 0.05) is 13.6 Å². The van der Waals surface area contributed by atoms with E-state index in [-0.39, 0.29) is 0 Å². The van der Waals surface area contributed by atoms with Gasteiger partial charge in [-0.3, -0.25) is 0 Å². The van der Waals surface area contributed by atoms with E-state index in [1.807, 2.05) is 0 Å². The molecule has 0 aromatic carbocycles. The van der Waals surface area contributed by atoms with Crippen molar-refractivity contribution in [1.29, 1.82) is 0 Å². The molecule has 0 aliphatic carbocycles. The normalized spacial score (nSPS) is 13.7. The Bertz CT molecular complexity index is 239. The molecule has 13 heavy (non-hydrogen) atoms. The lowest BCUT2D eigenvalue weighted by atomic mass is 9.91. The first kappa shape index (κ1) is 12.9. The molecule has 0 saturated carbocycles. The van der Waals surface area contributed by atoms with Crippen molar-refractivity contribution in [1.82, 2.24) is 4.31 Å². The Kier molecular flexibility index (Phi) is 4.39. The van der Waals surface area contributed by atoms with Gasteiger partial charge < -0.3 is 0 Å². The van der Waals surface area contributed by atoms with Crippen molar-refractivity contribution < 1.29 is 8.42 Å². The zero-order chi connectivity index (χ0) is 10.7. The third-order valence-corrected chi connectivity index (χ3v) is 3.28. The zero-order valence-electron chi connectivity index (χ0n) is 9.29. The fraction of sp³-hybridized carbons (Fsp3) is 1.00. The molecule has 0 unspecified atom stereocenters. The van der Waals surface area contributed by atoms with E-state index >= 15 is 0 Å². The molecule has 0 amide bonds. The van der Waals surface area contributed by atoms with Crippen molar-refractivity contribution in [3.05, 3.63) is 0 Å². The average Bonchev–Trinajstić information content (AvgIpc) is 1.82. The molecule has 0 fully saturated rings. The highest BCUT2D eigenvalue weighted by atomic mass is 32.2. The van der Waals surface area contributed by atoms with E-state index in [0.29, 0.717) is 12.0 Å². The summed E-state index contributed by atoms with van der Waals surface area (Å²) in [5.74, 6) is 0. The predicted molar refractivity (Wildman–Crippen MR) is 56.2 cm³/mol. The lowest BCUT2D eigenvalue weighted by molar-refractivity contribution is 0.343. The summed E-state index contributed by atoms with van der Waals surface area (Å²) in [5, 5.41) is 0. The van der Waals surface area contributed by atoms with Crippen LogP contribution in [0, 0.1) is 5.41 Å². The fourth-order valence-electron chi connectivity index (χ4n) is 0.998. The number of hydrogen-bond acceptors (Lipinski definition) is 2. The molecule has 0 rings (SSSR count). The molecular formula is C9H21NO2S. The summed E-state index contributed by atoms with van der Waals surface area (Å²) >= 11 is 0. The van der Waals surface area contributed by atoms with E-state index in [0.717, 1.165) is 12.8 Å². The second kappa shape index (κ2) is 4.42. The van der Waals surface area contributed by atoms with Crippen LogP contribution in [0.1, 0.15) is 33.6 Å². The SMILES string of the molecule is CN(CCCC(C)(C)C)S(C)(=O)=O. The van der Waals surface area contributed by atoms with Crippen LogP contribution in [-0.2, 0) is 10.0 Å². The van der Waals surface area contributed by atoms with Gasteiger partial charge in [-0.2, -0.15) is 0 Å². The predicted octanol–water partition coefficient (Wildman–Crippen LogP) is 1.70. The summed E-state index contributed by atoms with van der Waals surface area (Å²) in [6.07, 6.45) is 3.21. The van der Waals surface area contributed by atoms with Gasteiger partial charge in [-0.25, -0.2) is 12.7 Å². The Morgan fingerprint density at radius 1 is 1.23 bits per heavy atom. The molecule has 0 aromatic rings. The molecule has 0 N–H and O–H groups in total. The maximum absolute atomic E-state index is 11.0. The summed E-state index contributed by atoms with van der Waals surface area (Å²) in [5.41, 5.74) is 0.290. The number of sulfonamides is 1. The van der Waals surface area contributed by atoms with Gasteiger partial charge in [-0.15, -0.1) is 0 Å². The minimum Gasteiger partial charge on any atom is -0.213 e. The van der Waals surface area contributed by atoms with Crippen molar-refractivity contribution in [2.45, 2.75) is 33.6 Å². The van der Waals surface area contributed by atoms with E-state index < -0.39 is 10.0 Å². The van der Waals surface area contributed by atoms with E-state index in [4.69, 9.17) is 0 Å². The van der Waals surface area contributed by atoms with Crippen LogP contribution in [0.25, 0.3) is 0 Å². The molecular weight excluding hydrogens is 186 g/mol. The molecule has 0 radical (unpaired) electrons. The smallest absolute Gasteiger partial charge is 0.210 e. The van der Waals surface area contributed by atoms with Gasteiger partial charge in [0.25, 0.3) is 0 Å². The van der Waals surface area contributed by atoms with Gasteiger partial charge in [-0.05, 0) is 18.3 Å². The standard InChI is InChI=1S/C9H21NO2S/c1-9(2,3)7-6-8-10(4)13(5,11)12/h6-8H2,1-5H3. The first-order valence-corrected chi connectivity index (χ1v) is 6.39. The van der Waals surface area contributed by atoms with Crippen LogP contribution in [0.3, 0.4) is 0 Å². The average molecular weight is 207 g/mol. The second-order valence-electron chi connectivity index (χ2n) is 4.75. The maximum atomic E-state index is 11.0. The molecule has 0 heterocycles. The lowest BCUT2D eigenvalue weighted by Crippen LogP contribution is -2.27. The summed E-state index contributed by atoms with van der Waals surface area (Å²) < 4.78 is 23.4. The maximum Gasteiger partial charge on any atom is 0.210 e. The molecule has 0 aliphatic heterocycles. The summed E-state index contributed by atoms with van der Waals surface area (Å²) in [6.45, 7) is 7.10. The number of hydrogen-bond donors (Lipinski definition) is 0. The Morgan fingerprint density at radius 3 is 2.00 bits per heavy atom. The van der Waals surface area contributed by atoms with Crippen LogP contribution in [0.15, 0.2) is 0 Å². The largest absolute Gasteiger partial charge is 0.213 e. The van der Waals surface area contributed by atoms with Crippen LogP contribution in [0.4, 0.5) is 0 Å². The van der Waals surface area contributed by atoms with Gasteiger partial charge in [0.1, 0.15) is 0 Å². The Morgan fingerprint density at radius 2 is 1.69 bits per heavy atom. The molecule has 3 nitrogen and oxygen atoms in total. The molecule has 0 saturated heterocycles.